The van der Waals surface area contributed by atoms with Crippen molar-refractivity contribution in [3.8, 4) is 28.7 Å². The lowest BCUT2D eigenvalue weighted by Crippen LogP contribution is -2.47. The third-order valence-electron chi connectivity index (χ3n) is 7.27. The molecule has 0 bridgehead atoms. The van der Waals surface area contributed by atoms with E-state index in [-0.39, 0.29) is 17.6 Å². The maximum Gasteiger partial charge on any atom is 0.279 e. The SMILES string of the molecule is COc1cc(C(C(=O)NC2CCCCC2)N(C(=O)c2cnccn2)c2ccc3c(c2)OCCO3)cc(OC)c1OC. The average molecular weight is 563 g/mol. The highest BCUT2D eigenvalue weighted by molar-refractivity contribution is 6.09. The Morgan fingerprint density at radius 1 is 0.927 bits per heavy atom. The van der Waals surface area contributed by atoms with Gasteiger partial charge in [-0.2, -0.15) is 0 Å². The first-order valence-corrected chi connectivity index (χ1v) is 13.6. The van der Waals surface area contributed by atoms with E-state index in [1.807, 2.05) is 0 Å². The van der Waals surface area contributed by atoms with Crippen LogP contribution < -0.4 is 33.9 Å². The fourth-order valence-corrected chi connectivity index (χ4v) is 5.30. The van der Waals surface area contributed by atoms with Gasteiger partial charge in [-0.15, -0.1) is 0 Å². The number of rotatable bonds is 9. The number of hydrogen-bond donors (Lipinski definition) is 1. The van der Waals surface area contributed by atoms with Gasteiger partial charge in [-0.05, 0) is 42.7 Å². The molecule has 5 rings (SSSR count). The van der Waals surface area contributed by atoms with Crippen molar-refractivity contribution in [1.29, 1.82) is 0 Å². The van der Waals surface area contributed by atoms with E-state index in [2.05, 4.69) is 15.3 Å². The van der Waals surface area contributed by atoms with Gasteiger partial charge >= 0.3 is 0 Å². The molecule has 2 aliphatic rings. The second-order valence-electron chi connectivity index (χ2n) is 9.80. The summed E-state index contributed by atoms with van der Waals surface area (Å²) in [5.74, 6) is 1.24. The van der Waals surface area contributed by atoms with Crippen LogP contribution >= 0.6 is 0 Å². The number of methoxy groups -OCH3 is 3. The summed E-state index contributed by atoms with van der Waals surface area (Å²) in [7, 11) is 4.51. The summed E-state index contributed by atoms with van der Waals surface area (Å²) in [6.07, 6.45) is 9.24. The molecule has 1 fully saturated rings. The molecule has 1 unspecified atom stereocenters. The number of ether oxygens (including phenoxy) is 5. The van der Waals surface area contributed by atoms with Crippen LogP contribution in [0.15, 0.2) is 48.9 Å². The second kappa shape index (κ2) is 12.8. The Kier molecular flexibility index (Phi) is 8.71. The Hall–Kier alpha value is -4.54. The third kappa shape index (κ3) is 5.98. The van der Waals surface area contributed by atoms with Crippen LogP contribution in [0.2, 0.25) is 0 Å². The largest absolute Gasteiger partial charge is 0.493 e. The zero-order valence-electron chi connectivity index (χ0n) is 23.4. The van der Waals surface area contributed by atoms with Crippen molar-refractivity contribution in [3.63, 3.8) is 0 Å². The number of benzene rings is 2. The van der Waals surface area contributed by atoms with Gasteiger partial charge in [0.1, 0.15) is 24.9 Å². The number of nitrogens with one attached hydrogen (secondary N) is 1. The van der Waals surface area contributed by atoms with Crippen molar-refractivity contribution in [3.05, 3.63) is 60.2 Å². The average Bonchev–Trinajstić information content (AvgIpc) is 3.03. The molecule has 41 heavy (non-hydrogen) atoms. The molecule has 1 aromatic heterocycles. The number of carbonyl (C=O) groups excluding carboxylic acids is 2. The van der Waals surface area contributed by atoms with Crippen LogP contribution in [0.25, 0.3) is 0 Å². The van der Waals surface area contributed by atoms with Gasteiger partial charge in [-0.1, -0.05) is 19.3 Å². The summed E-state index contributed by atoms with van der Waals surface area (Å²) in [6, 6.07) is 7.37. The number of anilines is 1. The van der Waals surface area contributed by atoms with Gasteiger partial charge in [0.05, 0.1) is 27.5 Å². The predicted molar refractivity (Wildman–Crippen MR) is 150 cm³/mol. The van der Waals surface area contributed by atoms with E-state index >= 15 is 0 Å². The fraction of sp³-hybridized carbons (Fsp3) is 0.400. The third-order valence-corrected chi connectivity index (χ3v) is 7.27. The maximum atomic E-state index is 14.3. The van der Waals surface area contributed by atoms with Crippen LogP contribution in [0, 0.1) is 0 Å². The standard InChI is InChI=1S/C30H34N4O7/c1-37-25-15-19(16-26(38-2)28(25)39-3)27(29(35)33-20-7-5-4-6-8-20)34(30(36)22-18-31-11-12-32-22)21-9-10-23-24(17-21)41-14-13-40-23/h9-12,15-18,20,27H,4-8,13-14H2,1-3H3,(H,33,35). The van der Waals surface area contributed by atoms with Gasteiger partial charge in [-0.25, -0.2) is 4.98 Å². The van der Waals surface area contributed by atoms with Gasteiger partial charge in [-0.3, -0.25) is 19.5 Å². The van der Waals surface area contributed by atoms with E-state index in [4.69, 9.17) is 23.7 Å². The molecule has 2 aromatic carbocycles. The van der Waals surface area contributed by atoms with Gasteiger partial charge in [0.2, 0.25) is 11.7 Å². The van der Waals surface area contributed by atoms with E-state index in [0.717, 1.165) is 32.1 Å². The van der Waals surface area contributed by atoms with Crippen molar-refractivity contribution in [2.45, 2.75) is 44.2 Å². The number of hydrogen-bond acceptors (Lipinski definition) is 9. The van der Waals surface area contributed by atoms with Crippen LogP contribution in [0.3, 0.4) is 0 Å². The molecular formula is C30H34N4O7. The normalized spacial score (nSPS) is 15.4. The van der Waals surface area contributed by atoms with Crippen LogP contribution in [-0.2, 0) is 4.79 Å². The molecule has 1 N–H and O–H groups in total. The van der Waals surface area contributed by atoms with Crippen molar-refractivity contribution >= 4 is 17.5 Å². The Morgan fingerprint density at radius 2 is 1.63 bits per heavy atom. The molecular weight excluding hydrogens is 528 g/mol. The number of carbonyl (C=O) groups is 2. The highest BCUT2D eigenvalue weighted by atomic mass is 16.6. The minimum atomic E-state index is -1.14. The molecule has 1 saturated carbocycles. The van der Waals surface area contributed by atoms with Gasteiger partial charge in [0.25, 0.3) is 5.91 Å². The lowest BCUT2D eigenvalue weighted by Gasteiger charge is -2.34. The molecule has 1 atom stereocenters. The summed E-state index contributed by atoms with van der Waals surface area (Å²) in [6.45, 7) is 0.791. The van der Waals surface area contributed by atoms with Gasteiger partial charge < -0.3 is 29.0 Å². The second-order valence-corrected chi connectivity index (χ2v) is 9.80. The van der Waals surface area contributed by atoms with E-state index < -0.39 is 11.9 Å². The quantitative estimate of drug-likeness (QED) is 0.411. The van der Waals surface area contributed by atoms with E-state index in [1.165, 1.54) is 44.8 Å². The number of aromatic nitrogens is 2. The molecule has 2 heterocycles. The summed E-state index contributed by atoms with van der Waals surface area (Å²) in [4.78, 5) is 38.3. The lowest BCUT2D eigenvalue weighted by molar-refractivity contribution is -0.123. The summed E-state index contributed by atoms with van der Waals surface area (Å²) >= 11 is 0. The van der Waals surface area contributed by atoms with Crippen LogP contribution in [0.4, 0.5) is 5.69 Å². The summed E-state index contributed by atoms with van der Waals surface area (Å²) < 4.78 is 28.3. The Morgan fingerprint density at radius 3 is 2.27 bits per heavy atom. The highest BCUT2D eigenvalue weighted by Crippen LogP contribution is 2.43. The number of fused-ring (bicyclic) bond motifs is 1. The van der Waals surface area contributed by atoms with Crippen LogP contribution in [-0.4, -0.2) is 62.4 Å². The molecule has 1 aliphatic heterocycles. The van der Waals surface area contributed by atoms with E-state index in [0.29, 0.717) is 53.2 Å². The molecule has 0 spiro atoms. The minimum Gasteiger partial charge on any atom is -0.493 e. The first kappa shape index (κ1) is 28.0. The Balaban J connectivity index is 1.68. The molecule has 1 aliphatic carbocycles. The van der Waals surface area contributed by atoms with E-state index in [1.54, 1.807) is 30.3 Å². The fourth-order valence-electron chi connectivity index (χ4n) is 5.30. The molecule has 11 nitrogen and oxygen atoms in total. The zero-order valence-corrected chi connectivity index (χ0v) is 23.4. The Bertz CT molecular complexity index is 1350. The van der Waals surface area contributed by atoms with Crippen molar-refractivity contribution in [2.75, 3.05) is 39.4 Å². The lowest BCUT2D eigenvalue weighted by atomic mass is 9.94. The molecule has 0 saturated heterocycles. The highest BCUT2D eigenvalue weighted by Gasteiger charge is 2.37. The minimum absolute atomic E-state index is 0.00507. The van der Waals surface area contributed by atoms with Crippen molar-refractivity contribution < 1.29 is 33.3 Å². The first-order valence-electron chi connectivity index (χ1n) is 13.6. The molecule has 0 radical (unpaired) electrons. The summed E-state index contributed by atoms with van der Waals surface area (Å²) in [5, 5.41) is 3.20. The van der Waals surface area contributed by atoms with Gasteiger partial charge in [0.15, 0.2) is 23.0 Å². The van der Waals surface area contributed by atoms with Gasteiger partial charge in [0, 0.05) is 30.2 Å². The van der Waals surface area contributed by atoms with Crippen LogP contribution in [0.1, 0.15) is 54.2 Å². The monoisotopic (exact) mass is 562 g/mol. The van der Waals surface area contributed by atoms with Crippen LogP contribution in [0.5, 0.6) is 28.7 Å². The number of nitrogens with zero attached hydrogens (tertiary/aromatic N) is 3. The first-order chi connectivity index (χ1) is 20.0. The van der Waals surface area contributed by atoms with Crippen molar-refractivity contribution in [2.24, 2.45) is 0 Å². The Labute approximate surface area is 238 Å². The van der Waals surface area contributed by atoms with Crippen molar-refractivity contribution in [1.82, 2.24) is 15.3 Å². The molecule has 3 aromatic rings. The molecule has 11 heteroatoms. The summed E-state index contributed by atoms with van der Waals surface area (Å²) in [5.41, 5.74) is 0.952. The predicted octanol–water partition coefficient (Wildman–Crippen LogP) is 4.11. The molecule has 216 valence electrons. The molecule has 2 amide bonds. The number of amides is 2. The van der Waals surface area contributed by atoms with E-state index in [9.17, 15) is 9.59 Å². The smallest absolute Gasteiger partial charge is 0.279 e. The topological polar surface area (TPSA) is 121 Å². The zero-order chi connectivity index (χ0) is 28.8. The maximum absolute atomic E-state index is 14.3.